The quantitative estimate of drug-likeness (QED) is 0.154. The van der Waals surface area contributed by atoms with Crippen molar-refractivity contribution in [3.05, 3.63) is 84.7 Å². The van der Waals surface area contributed by atoms with Gasteiger partial charge in [-0.2, -0.15) is 5.10 Å². The summed E-state index contributed by atoms with van der Waals surface area (Å²) in [5.74, 6) is 0.267. The van der Waals surface area contributed by atoms with E-state index in [1.54, 1.807) is 51.0 Å². The topological polar surface area (TPSA) is 99.7 Å². The molecule has 0 unspecified atom stereocenters. The van der Waals surface area contributed by atoms with E-state index in [1.165, 1.54) is 6.07 Å². The first-order valence-electron chi connectivity index (χ1n) is 13.9. The van der Waals surface area contributed by atoms with Crippen LogP contribution in [0, 0.1) is 5.82 Å². The Morgan fingerprint density at radius 3 is 2.71 bits per heavy atom. The summed E-state index contributed by atoms with van der Waals surface area (Å²) in [4.78, 5) is 23.3. The SMILES string of the molecule is C[Si](C)(C)CCOCn1cnc(-c2ccc(-c3cnn4ccc(N5C(=O)OC[C@@H]5Cc5ccccc5)nc34)cc2F)n1. The van der Waals surface area contributed by atoms with Crippen LogP contribution in [0.2, 0.25) is 25.7 Å². The van der Waals surface area contributed by atoms with Gasteiger partial charge < -0.3 is 9.47 Å². The van der Waals surface area contributed by atoms with E-state index in [0.29, 0.717) is 35.6 Å². The van der Waals surface area contributed by atoms with Gasteiger partial charge in [0.15, 0.2) is 11.5 Å². The van der Waals surface area contributed by atoms with Crippen molar-refractivity contribution >= 4 is 25.6 Å². The lowest BCUT2D eigenvalue weighted by Gasteiger charge is -2.20. The fourth-order valence-electron chi connectivity index (χ4n) is 4.86. The van der Waals surface area contributed by atoms with Crippen LogP contribution >= 0.6 is 0 Å². The predicted octanol–water partition coefficient (Wildman–Crippen LogP) is 5.67. The molecule has 0 saturated carbocycles. The standard InChI is InChI=1S/C30H32FN7O3Si/c1-42(2,3)14-13-40-20-36-19-32-28(35-36)24-10-9-22(16-26(24)31)25-17-33-37-12-11-27(34-29(25)37)38-23(18-41-30(38)39)15-21-7-5-4-6-8-21/h4-12,16-17,19,23H,13-15,18,20H2,1-3H3/t23-/m0/s1. The van der Waals surface area contributed by atoms with Crippen LogP contribution in [0.15, 0.2) is 73.3 Å². The van der Waals surface area contributed by atoms with E-state index in [-0.39, 0.29) is 30.8 Å². The molecule has 1 aliphatic heterocycles. The number of cyclic esters (lactones) is 1. The average molecular weight is 586 g/mol. The van der Waals surface area contributed by atoms with Crippen LogP contribution in [0.25, 0.3) is 28.2 Å². The van der Waals surface area contributed by atoms with Crippen molar-refractivity contribution in [1.29, 1.82) is 0 Å². The molecule has 2 aromatic carbocycles. The number of hydrogen-bond donors (Lipinski definition) is 0. The summed E-state index contributed by atoms with van der Waals surface area (Å²) < 4.78 is 29.7. The van der Waals surface area contributed by atoms with Gasteiger partial charge in [-0.3, -0.25) is 4.90 Å². The Kier molecular flexibility index (Phi) is 7.56. The molecule has 6 rings (SSSR count). The molecule has 0 N–H and O–H groups in total. The van der Waals surface area contributed by atoms with Crippen LogP contribution < -0.4 is 4.90 Å². The molecule has 1 fully saturated rings. The van der Waals surface area contributed by atoms with E-state index in [9.17, 15) is 4.79 Å². The van der Waals surface area contributed by atoms with Gasteiger partial charge in [0.05, 0.1) is 17.8 Å². The zero-order valence-corrected chi connectivity index (χ0v) is 24.8. The first kappa shape index (κ1) is 27.7. The van der Waals surface area contributed by atoms with Crippen molar-refractivity contribution in [1.82, 2.24) is 29.4 Å². The zero-order valence-electron chi connectivity index (χ0n) is 23.8. The van der Waals surface area contributed by atoms with Crippen molar-refractivity contribution in [2.75, 3.05) is 18.1 Å². The number of nitrogens with zero attached hydrogens (tertiary/aromatic N) is 7. The highest BCUT2D eigenvalue weighted by atomic mass is 28.3. The van der Waals surface area contributed by atoms with Gasteiger partial charge in [0.1, 0.15) is 31.3 Å². The third-order valence-corrected chi connectivity index (χ3v) is 8.86. The highest BCUT2D eigenvalue weighted by molar-refractivity contribution is 6.76. The summed E-state index contributed by atoms with van der Waals surface area (Å²) in [6.45, 7) is 8.09. The van der Waals surface area contributed by atoms with E-state index < -0.39 is 20.0 Å². The third-order valence-electron chi connectivity index (χ3n) is 7.15. The van der Waals surface area contributed by atoms with Crippen LogP contribution in [-0.4, -0.2) is 62.8 Å². The molecule has 0 radical (unpaired) electrons. The molecule has 1 amide bonds. The molecule has 3 aromatic heterocycles. The number of hydrogen-bond acceptors (Lipinski definition) is 7. The highest BCUT2D eigenvalue weighted by Crippen LogP contribution is 2.30. The largest absolute Gasteiger partial charge is 0.447 e. The number of anilines is 1. The van der Waals surface area contributed by atoms with E-state index >= 15 is 4.39 Å². The maximum Gasteiger partial charge on any atom is 0.415 e. The molecule has 5 aromatic rings. The maximum atomic E-state index is 15.4. The summed E-state index contributed by atoms with van der Waals surface area (Å²) in [5, 5.41) is 8.78. The Morgan fingerprint density at radius 1 is 1.10 bits per heavy atom. The molecule has 1 atom stereocenters. The van der Waals surface area contributed by atoms with Crippen LogP contribution in [0.5, 0.6) is 0 Å². The van der Waals surface area contributed by atoms with Crippen LogP contribution in [0.4, 0.5) is 15.0 Å². The first-order valence-corrected chi connectivity index (χ1v) is 17.6. The Hall–Kier alpha value is -4.42. The van der Waals surface area contributed by atoms with Crippen molar-refractivity contribution in [3.63, 3.8) is 0 Å². The van der Waals surface area contributed by atoms with Crippen molar-refractivity contribution < 1.29 is 18.7 Å². The monoisotopic (exact) mass is 585 g/mol. The van der Waals surface area contributed by atoms with Crippen LogP contribution in [0.3, 0.4) is 0 Å². The number of carbonyl (C=O) groups is 1. The number of amides is 1. The van der Waals surface area contributed by atoms with Gasteiger partial charge in [0.2, 0.25) is 0 Å². The summed E-state index contributed by atoms with van der Waals surface area (Å²) in [5.41, 5.74) is 3.10. The van der Waals surface area contributed by atoms with Crippen molar-refractivity contribution in [2.24, 2.45) is 0 Å². The second-order valence-electron chi connectivity index (χ2n) is 11.6. The fraction of sp³-hybridized carbons (Fsp3) is 0.300. The fourth-order valence-corrected chi connectivity index (χ4v) is 5.61. The second-order valence-corrected chi connectivity index (χ2v) is 17.2. The van der Waals surface area contributed by atoms with E-state index in [2.05, 4.69) is 34.8 Å². The van der Waals surface area contributed by atoms with Gasteiger partial charge in [0.25, 0.3) is 0 Å². The molecule has 0 spiro atoms. The Bertz CT molecular complexity index is 1720. The number of ether oxygens (including phenoxy) is 2. The Balaban J connectivity index is 1.22. The van der Waals surface area contributed by atoms with Gasteiger partial charge in [-0.05, 0) is 41.8 Å². The lowest BCUT2D eigenvalue weighted by Crippen LogP contribution is -2.35. The smallest absolute Gasteiger partial charge is 0.415 e. The van der Waals surface area contributed by atoms with Crippen LogP contribution in [-0.2, 0) is 22.6 Å². The van der Waals surface area contributed by atoms with Gasteiger partial charge in [0, 0.05) is 26.4 Å². The summed E-state index contributed by atoms with van der Waals surface area (Å²) >= 11 is 0. The van der Waals surface area contributed by atoms with Crippen molar-refractivity contribution in [3.8, 4) is 22.5 Å². The van der Waals surface area contributed by atoms with Gasteiger partial charge in [-0.15, -0.1) is 5.10 Å². The molecule has 42 heavy (non-hydrogen) atoms. The molecule has 0 bridgehead atoms. The molecule has 216 valence electrons. The zero-order chi connectivity index (χ0) is 29.3. The molecule has 1 saturated heterocycles. The summed E-state index contributed by atoms with van der Waals surface area (Å²) in [7, 11) is -1.18. The second kappa shape index (κ2) is 11.5. The minimum atomic E-state index is -1.18. The van der Waals surface area contributed by atoms with Gasteiger partial charge >= 0.3 is 6.09 Å². The Labute approximate surface area is 243 Å². The lowest BCUT2D eigenvalue weighted by molar-refractivity contribution is 0.0784. The van der Waals surface area contributed by atoms with E-state index in [1.807, 2.05) is 30.3 Å². The van der Waals surface area contributed by atoms with Gasteiger partial charge in [-0.1, -0.05) is 56.0 Å². The third kappa shape index (κ3) is 5.95. The number of halogens is 1. The molecule has 10 nitrogen and oxygen atoms in total. The van der Waals surface area contributed by atoms with E-state index in [0.717, 1.165) is 11.6 Å². The molecule has 0 aliphatic carbocycles. The Morgan fingerprint density at radius 2 is 1.93 bits per heavy atom. The number of fused-ring (bicyclic) bond motifs is 1. The normalized spacial score (nSPS) is 15.5. The first-order chi connectivity index (χ1) is 20.2. The summed E-state index contributed by atoms with van der Waals surface area (Å²) in [6.07, 6.45) is 5.10. The number of carbonyl (C=O) groups excluding carboxylic acids is 1. The van der Waals surface area contributed by atoms with Crippen LogP contribution in [0.1, 0.15) is 5.56 Å². The minimum absolute atomic E-state index is 0.198. The maximum absolute atomic E-state index is 15.4. The highest BCUT2D eigenvalue weighted by Gasteiger charge is 2.35. The van der Waals surface area contributed by atoms with E-state index in [4.69, 9.17) is 14.5 Å². The molecule has 4 heterocycles. The predicted molar refractivity (Wildman–Crippen MR) is 159 cm³/mol. The molecule has 1 aliphatic rings. The minimum Gasteiger partial charge on any atom is -0.447 e. The number of benzene rings is 2. The average Bonchev–Trinajstić information content (AvgIpc) is 3.69. The van der Waals surface area contributed by atoms with Gasteiger partial charge in [-0.25, -0.2) is 28.4 Å². The lowest BCUT2D eigenvalue weighted by atomic mass is 10.1. The number of aromatic nitrogens is 6. The van der Waals surface area contributed by atoms with Crippen molar-refractivity contribution in [2.45, 2.75) is 44.9 Å². The number of rotatable bonds is 10. The molecule has 12 heteroatoms. The molecular weight excluding hydrogens is 553 g/mol. The molecular formula is C30H32FN7O3Si. The summed E-state index contributed by atoms with van der Waals surface area (Å²) in [6, 6.07) is 17.4.